The fraction of sp³-hybridized carbons (Fsp3) is 0.440. The summed E-state index contributed by atoms with van der Waals surface area (Å²) in [6.45, 7) is 5.19. The Bertz CT molecular complexity index is 962. The molecule has 0 N–H and O–H groups in total. The summed E-state index contributed by atoms with van der Waals surface area (Å²) in [5.41, 5.74) is 0.577. The van der Waals surface area contributed by atoms with E-state index in [-0.39, 0.29) is 23.5 Å². The summed E-state index contributed by atoms with van der Waals surface area (Å²) in [5, 5.41) is 0. The van der Waals surface area contributed by atoms with Crippen LogP contribution in [0.1, 0.15) is 37.5 Å². The molecular weight excluding hydrogens is 411 g/mol. The first-order chi connectivity index (χ1) is 15.0. The van der Waals surface area contributed by atoms with Crippen LogP contribution in [-0.2, 0) is 9.59 Å². The highest BCUT2D eigenvalue weighted by Crippen LogP contribution is 2.31. The lowest BCUT2D eigenvalue weighted by molar-refractivity contribution is -0.140. The largest absolute Gasteiger partial charge is 0.342 e. The Labute approximate surface area is 187 Å². The van der Waals surface area contributed by atoms with Gasteiger partial charge in [-0.25, -0.2) is 4.39 Å². The standard InChI is InChI=1S/C25H29FN2O2S/c1-18-5-4-14-28(17-18)25(30)19-12-15-27(16-13-19)24(29)11-9-20-8-10-23(31-20)21-6-2-3-7-22(21)26/h2-3,6-11,18-19H,4-5,12-17H2,1H3/b11-9+. The molecule has 4 nitrogen and oxygen atoms in total. The molecule has 0 spiro atoms. The van der Waals surface area contributed by atoms with Crippen molar-refractivity contribution in [3.05, 3.63) is 53.2 Å². The molecule has 3 heterocycles. The maximum atomic E-state index is 14.0. The van der Waals surface area contributed by atoms with Gasteiger partial charge in [0, 0.05) is 53.5 Å². The van der Waals surface area contributed by atoms with Crippen LogP contribution in [0.4, 0.5) is 4.39 Å². The smallest absolute Gasteiger partial charge is 0.246 e. The number of likely N-dealkylation sites (tertiary alicyclic amines) is 2. The van der Waals surface area contributed by atoms with Crippen molar-refractivity contribution < 1.29 is 14.0 Å². The first-order valence-corrected chi connectivity index (χ1v) is 11.9. The zero-order valence-corrected chi connectivity index (χ0v) is 18.7. The Morgan fingerprint density at radius 3 is 2.55 bits per heavy atom. The third kappa shape index (κ3) is 5.24. The number of thiophene rings is 1. The molecule has 4 rings (SSSR count). The van der Waals surface area contributed by atoms with Gasteiger partial charge in [-0.1, -0.05) is 25.1 Å². The Kier molecular flexibility index (Phi) is 6.86. The lowest BCUT2D eigenvalue weighted by Gasteiger charge is -2.37. The molecule has 2 aliphatic rings. The summed E-state index contributed by atoms with van der Waals surface area (Å²) in [6, 6.07) is 10.5. The molecule has 6 heteroatoms. The number of hydrogen-bond donors (Lipinski definition) is 0. The van der Waals surface area contributed by atoms with E-state index in [9.17, 15) is 14.0 Å². The summed E-state index contributed by atoms with van der Waals surface area (Å²) < 4.78 is 14.0. The van der Waals surface area contributed by atoms with E-state index in [1.807, 2.05) is 28.0 Å². The summed E-state index contributed by atoms with van der Waals surface area (Å²) in [7, 11) is 0. The molecule has 0 radical (unpaired) electrons. The molecule has 2 saturated heterocycles. The molecule has 1 aromatic carbocycles. The molecule has 0 saturated carbocycles. The first kappa shape index (κ1) is 21.8. The quantitative estimate of drug-likeness (QED) is 0.623. The predicted molar refractivity (Wildman–Crippen MR) is 123 cm³/mol. The Balaban J connectivity index is 1.30. The normalized spacial score (nSPS) is 20.4. The van der Waals surface area contributed by atoms with Crippen molar-refractivity contribution in [2.75, 3.05) is 26.2 Å². The second-order valence-corrected chi connectivity index (χ2v) is 9.76. The third-order valence-corrected chi connectivity index (χ3v) is 7.36. The van der Waals surface area contributed by atoms with Crippen molar-refractivity contribution in [2.24, 2.45) is 11.8 Å². The minimum atomic E-state index is -0.243. The van der Waals surface area contributed by atoms with Gasteiger partial charge in [0.1, 0.15) is 5.82 Å². The van der Waals surface area contributed by atoms with Gasteiger partial charge in [-0.15, -0.1) is 11.3 Å². The predicted octanol–water partition coefficient (Wildman–Crippen LogP) is 5.06. The van der Waals surface area contributed by atoms with Crippen molar-refractivity contribution >= 4 is 29.2 Å². The Morgan fingerprint density at radius 2 is 1.81 bits per heavy atom. The van der Waals surface area contributed by atoms with Crippen molar-refractivity contribution in [1.29, 1.82) is 0 Å². The lowest BCUT2D eigenvalue weighted by Crippen LogP contribution is -2.46. The van der Waals surface area contributed by atoms with Gasteiger partial charge in [-0.3, -0.25) is 9.59 Å². The highest BCUT2D eigenvalue weighted by molar-refractivity contribution is 7.16. The number of hydrogen-bond acceptors (Lipinski definition) is 3. The number of carbonyl (C=O) groups is 2. The lowest BCUT2D eigenvalue weighted by atomic mass is 9.92. The topological polar surface area (TPSA) is 40.6 Å². The van der Waals surface area contributed by atoms with Gasteiger partial charge in [0.05, 0.1) is 0 Å². The number of carbonyl (C=O) groups excluding carboxylic acids is 2. The van der Waals surface area contributed by atoms with Crippen molar-refractivity contribution in [1.82, 2.24) is 9.80 Å². The third-order valence-electron chi connectivity index (χ3n) is 6.28. The zero-order valence-electron chi connectivity index (χ0n) is 17.9. The number of amides is 2. The molecule has 1 atom stereocenters. The molecule has 2 fully saturated rings. The number of rotatable bonds is 4. The maximum absolute atomic E-state index is 14.0. The molecule has 0 bridgehead atoms. The van der Waals surface area contributed by atoms with Crippen molar-refractivity contribution in [3.8, 4) is 10.4 Å². The average molecular weight is 441 g/mol. The van der Waals surface area contributed by atoms with Gasteiger partial charge in [0.2, 0.25) is 11.8 Å². The van der Waals surface area contributed by atoms with Crippen LogP contribution in [0.5, 0.6) is 0 Å². The van der Waals surface area contributed by atoms with Crippen LogP contribution in [0.2, 0.25) is 0 Å². The minimum Gasteiger partial charge on any atom is -0.342 e. The van der Waals surface area contributed by atoms with Crippen LogP contribution in [0.15, 0.2) is 42.5 Å². The van der Waals surface area contributed by atoms with Crippen molar-refractivity contribution in [3.63, 3.8) is 0 Å². The summed E-state index contributed by atoms with van der Waals surface area (Å²) >= 11 is 1.46. The molecule has 1 aromatic heterocycles. The van der Waals surface area contributed by atoms with E-state index >= 15 is 0 Å². The first-order valence-electron chi connectivity index (χ1n) is 11.1. The number of nitrogens with zero attached hydrogens (tertiary/aromatic N) is 2. The monoisotopic (exact) mass is 440 g/mol. The molecular formula is C25H29FN2O2S. The van der Waals surface area contributed by atoms with Crippen LogP contribution < -0.4 is 0 Å². The van der Waals surface area contributed by atoms with E-state index in [1.165, 1.54) is 23.8 Å². The molecule has 31 heavy (non-hydrogen) atoms. The Morgan fingerprint density at radius 1 is 1.03 bits per heavy atom. The van der Waals surface area contributed by atoms with Gasteiger partial charge < -0.3 is 9.80 Å². The van der Waals surface area contributed by atoms with E-state index in [4.69, 9.17) is 0 Å². The molecule has 1 unspecified atom stereocenters. The fourth-order valence-corrected chi connectivity index (χ4v) is 5.44. The second kappa shape index (κ2) is 9.77. The second-order valence-electron chi connectivity index (χ2n) is 8.65. The van der Waals surface area contributed by atoms with Gasteiger partial charge in [0.15, 0.2) is 0 Å². The summed E-state index contributed by atoms with van der Waals surface area (Å²) in [4.78, 5) is 31.0. The maximum Gasteiger partial charge on any atom is 0.246 e. The summed E-state index contributed by atoms with van der Waals surface area (Å²) in [5.74, 6) is 0.624. The average Bonchev–Trinajstić information content (AvgIpc) is 3.26. The van der Waals surface area contributed by atoms with Crippen LogP contribution in [-0.4, -0.2) is 47.8 Å². The SMILES string of the molecule is CC1CCCN(C(=O)C2CCN(C(=O)/C=C/c3ccc(-c4ccccc4F)s3)CC2)C1. The Hall–Kier alpha value is -2.47. The fourth-order valence-electron chi connectivity index (χ4n) is 4.50. The molecule has 2 amide bonds. The van der Waals surface area contributed by atoms with E-state index in [1.54, 1.807) is 24.3 Å². The van der Waals surface area contributed by atoms with Crippen LogP contribution >= 0.6 is 11.3 Å². The number of halogens is 1. The van der Waals surface area contributed by atoms with E-state index < -0.39 is 0 Å². The molecule has 0 aliphatic carbocycles. The van der Waals surface area contributed by atoms with Crippen LogP contribution in [0, 0.1) is 17.7 Å². The highest BCUT2D eigenvalue weighted by atomic mass is 32.1. The molecule has 164 valence electrons. The zero-order chi connectivity index (χ0) is 21.8. The van der Waals surface area contributed by atoms with Gasteiger partial charge >= 0.3 is 0 Å². The number of piperidine rings is 2. The van der Waals surface area contributed by atoms with E-state index in [0.717, 1.165) is 42.1 Å². The van der Waals surface area contributed by atoms with Crippen molar-refractivity contribution in [2.45, 2.75) is 32.6 Å². The molecule has 2 aliphatic heterocycles. The van der Waals surface area contributed by atoms with Gasteiger partial charge in [-0.05, 0) is 55.9 Å². The highest BCUT2D eigenvalue weighted by Gasteiger charge is 2.31. The van der Waals surface area contributed by atoms with Gasteiger partial charge in [0.25, 0.3) is 0 Å². The minimum absolute atomic E-state index is 0.0293. The van der Waals surface area contributed by atoms with Crippen LogP contribution in [0.3, 0.4) is 0 Å². The number of benzene rings is 1. The van der Waals surface area contributed by atoms with E-state index in [0.29, 0.717) is 24.6 Å². The van der Waals surface area contributed by atoms with E-state index in [2.05, 4.69) is 6.92 Å². The van der Waals surface area contributed by atoms with Crippen LogP contribution in [0.25, 0.3) is 16.5 Å². The van der Waals surface area contributed by atoms with Gasteiger partial charge in [-0.2, -0.15) is 0 Å². The molecule has 2 aromatic rings. The summed E-state index contributed by atoms with van der Waals surface area (Å²) in [6.07, 6.45) is 7.15.